The molecule has 0 aliphatic rings. The van der Waals surface area contributed by atoms with Gasteiger partial charge in [0, 0.05) is 15.9 Å². The number of carbonyl (C=O) groups is 1. The molecule has 0 saturated heterocycles. The normalized spacial score (nSPS) is 10.3. The molecule has 106 valence electrons. The van der Waals surface area contributed by atoms with Gasteiger partial charge in [-0.2, -0.15) is 0 Å². The van der Waals surface area contributed by atoms with Crippen LogP contribution in [0.2, 0.25) is 0 Å². The van der Waals surface area contributed by atoms with Gasteiger partial charge in [0.1, 0.15) is 0 Å². The van der Waals surface area contributed by atoms with Crippen LogP contribution in [0, 0.1) is 13.8 Å². The molecule has 1 aromatic heterocycles. The van der Waals surface area contributed by atoms with E-state index >= 15 is 0 Å². The highest BCUT2D eigenvalue weighted by Gasteiger charge is 2.07. The van der Waals surface area contributed by atoms with Crippen LogP contribution < -0.4 is 10.6 Å². The van der Waals surface area contributed by atoms with Gasteiger partial charge in [-0.25, -0.2) is 9.78 Å². The van der Waals surface area contributed by atoms with Crippen LogP contribution >= 0.6 is 27.3 Å². The van der Waals surface area contributed by atoms with E-state index in [0.717, 1.165) is 21.5 Å². The number of carbonyl (C=O) groups excluding carboxylic acids is 1. The fourth-order valence-corrected chi connectivity index (χ4v) is 2.71. The lowest BCUT2D eigenvalue weighted by Crippen LogP contribution is -2.30. The number of nitrogens with zero attached hydrogens (tertiary/aromatic N) is 1. The number of hydrogen-bond donors (Lipinski definition) is 2. The summed E-state index contributed by atoms with van der Waals surface area (Å²) in [6.45, 7) is 4.52. The predicted molar refractivity (Wildman–Crippen MR) is 86.5 cm³/mol. The van der Waals surface area contributed by atoms with Crippen molar-refractivity contribution in [2.75, 3.05) is 11.9 Å². The third-order valence-corrected chi connectivity index (χ3v) is 4.38. The molecule has 2 amide bonds. The molecule has 2 N–H and O–H groups in total. The van der Waals surface area contributed by atoms with E-state index in [1.165, 1.54) is 16.9 Å². The van der Waals surface area contributed by atoms with Crippen LogP contribution in [0.3, 0.4) is 0 Å². The molecule has 0 unspecified atom stereocenters. The van der Waals surface area contributed by atoms with Crippen LogP contribution in [0.25, 0.3) is 0 Å². The van der Waals surface area contributed by atoms with Crippen molar-refractivity contribution in [3.63, 3.8) is 0 Å². The first-order chi connectivity index (χ1) is 9.54. The second-order valence-corrected chi connectivity index (χ2v) is 6.54. The third-order valence-electron chi connectivity index (χ3n) is 2.86. The quantitative estimate of drug-likeness (QED) is 0.875. The maximum absolute atomic E-state index is 11.7. The summed E-state index contributed by atoms with van der Waals surface area (Å²) in [7, 11) is 0. The van der Waals surface area contributed by atoms with Gasteiger partial charge in [-0.1, -0.05) is 28.1 Å². The van der Waals surface area contributed by atoms with Gasteiger partial charge in [0.25, 0.3) is 0 Å². The van der Waals surface area contributed by atoms with Crippen LogP contribution in [0.15, 0.2) is 28.7 Å². The van der Waals surface area contributed by atoms with E-state index in [9.17, 15) is 4.79 Å². The molecule has 2 rings (SSSR count). The number of aromatic nitrogens is 1. The summed E-state index contributed by atoms with van der Waals surface area (Å²) in [6, 6.07) is 7.86. The Morgan fingerprint density at radius 3 is 2.60 bits per heavy atom. The molecule has 20 heavy (non-hydrogen) atoms. The highest BCUT2D eigenvalue weighted by Crippen LogP contribution is 2.20. The number of amides is 2. The molecule has 1 heterocycles. The third kappa shape index (κ3) is 4.31. The van der Waals surface area contributed by atoms with E-state index in [0.29, 0.717) is 11.7 Å². The summed E-state index contributed by atoms with van der Waals surface area (Å²) >= 11 is 4.88. The Hall–Kier alpha value is -1.40. The van der Waals surface area contributed by atoms with Crippen molar-refractivity contribution in [2.24, 2.45) is 0 Å². The standard InChI is InChI=1S/C14H16BrN3OS/c1-9-10(2)20-14(17-9)18-13(19)16-8-7-11-3-5-12(15)6-4-11/h3-6H,7-8H2,1-2H3,(H2,16,17,18,19). The number of urea groups is 1. The molecule has 0 saturated carbocycles. The molecular weight excluding hydrogens is 338 g/mol. The molecule has 0 fully saturated rings. The second-order valence-electron chi connectivity index (χ2n) is 4.42. The van der Waals surface area contributed by atoms with E-state index in [-0.39, 0.29) is 6.03 Å². The second kappa shape index (κ2) is 6.85. The number of rotatable bonds is 4. The molecule has 0 radical (unpaired) electrons. The van der Waals surface area contributed by atoms with Gasteiger partial charge < -0.3 is 5.32 Å². The van der Waals surface area contributed by atoms with Crippen molar-refractivity contribution in [1.82, 2.24) is 10.3 Å². The molecule has 0 bridgehead atoms. The van der Waals surface area contributed by atoms with Crippen molar-refractivity contribution >= 4 is 38.4 Å². The molecule has 4 nitrogen and oxygen atoms in total. The zero-order valence-corrected chi connectivity index (χ0v) is 13.8. The van der Waals surface area contributed by atoms with E-state index in [1.54, 1.807) is 0 Å². The number of halogens is 1. The molecule has 2 aromatic rings. The maximum atomic E-state index is 11.7. The molecular formula is C14H16BrN3OS. The van der Waals surface area contributed by atoms with Gasteiger partial charge >= 0.3 is 6.03 Å². The van der Waals surface area contributed by atoms with Gasteiger partial charge in [-0.3, -0.25) is 5.32 Å². The zero-order chi connectivity index (χ0) is 14.5. The monoisotopic (exact) mass is 353 g/mol. The molecule has 0 spiro atoms. The lowest BCUT2D eigenvalue weighted by Gasteiger charge is -2.05. The van der Waals surface area contributed by atoms with Crippen molar-refractivity contribution in [3.8, 4) is 0 Å². The number of nitrogens with one attached hydrogen (secondary N) is 2. The van der Waals surface area contributed by atoms with Gasteiger partial charge in [0.2, 0.25) is 0 Å². The van der Waals surface area contributed by atoms with Crippen LogP contribution in [-0.4, -0.2) is 17.6 Å². The average molecular weight is 354 g/mol. The number of anilines is 1. The summed E-state index contributed by atoms with van der Waals surface area (Å²) in [6.07, 6.45) is 0.802. The summed E-state index contributed by atoms with van der Waals surface area (Å²) in [4.78, 5) is 17.1. The van der Waals surface area contributed by atoms with Crippen LogP contribution in [-0.2, 0) is 6.42 Å². The number of benzene rings is 1. The Balaban J connectivity index is 1.76. The topological polar surface area (TPSA) is 54.0 Å². The molecule has 0 atom stereocenters. The van der Waals surface area contributed by atoms with Crippen molar-refractivity contribution in [3.05, 3.63) is 44.9 Å². The predicted octanol–water partition coefficient (Wildman–Crippen LogP) is 3.89. The SMILES string of the molecule is Cc1nc(NC(=O)NCCc2ccc(Br)cc2)sc1C. The summed E-state index contributed by atoms with van der Waals surface area (Å²) in [5, 5.41) is 6.22. The highest BCUT2D eigenvalue weighted by molar-refractivity contribution is 9.10. The van der Waals surface area contributed by atoms with Crippen LogP contribution in [0.1, 0.15) is 16.1 Å². The zero-order valence-electron chi connectivity index (χ0n) is 11.4. The first-order valence-electron chi connectivity index (χ1n) is 6.28. The van der Waals surface area contributed by atoms with E-state index in [2.05, 4.69) is 31.5 Å². The van der Waals surface area contributed by atoms with Crippen LogP contribution in [0.4, 0.5) is 9.93 Å². The number of hydrogen-bond acceptors (Lipinski definition) is 3. The van der Waals surface area contributed by atoms with Gasteiger partial charge in [0.05, 0.1) is 5.69 Å². The fraction of sp³-hybridized carbons (Fsp3) is 0.286. The largest absolute Gasteiger partial charge is 0.337 e. The van der Waals surface area contributed by atoms with Crippen molar-refractivity contribution in [1.29, 1.82) is 0 Å². The summed E-state index contributed by atoms with van der Waals surface area (Å²) < 4.78 is 1.06. The van der Waals surface area contributed by atoms with Crippen LogP contribution in [0.5, 0.6) is 0 Å². The van der Waals surface area contributed by atoms with Gasteiger partial charge in [0.15, 0.2) is 5.13 Å². The minimum atomic E-state index is -0.212. The van der Waals surface area contributed by atoms with E-state index in [4.69, 9.17) is 0 Å². The average Bonchev–Trinajstić information content (AvgIpc) is 2.70. The first-order valence-corrected chi connectivity index (χ1v) is 7.89. The smallest absolute Gasteiger partial charge is 0.321 e. The van der Waals surface area contributed by atoms with Crippen molar-refractivity contribution in [2.45, 2.75) is 20.3 Å². The minimum absolute atomic E-state index is 0.212. The fourth-order valence-electron chi connectivity index (χ4n) is 1.64. The Labute approximate surface area is 130 Å². The van der Waals surface area contributed by atoms with Gasteiger partial charge in [-0.15, -0.1) is 11.3 Å². The van der Waals surface area contributed by atoms with E-state index < -0.39 is 0 Å². The summed E-state index contributed by atoms with van der Waals surface area (Å²) in [5.41, 5.74) is 2.15. The minimum Gasteiger partial charge on any atom is -0.337 e. The molecule has 6 heteroatoms. The Bertz CT molecular complexity index is 575. The lowest BCUT2D eigenvalue weighted by atomic mass is 10.1. The van der Waals surface area contributed by atoms with E-state index in [1.807, 2.05) is 38.1 Å². The number of thiazole rings is 1. The number of aryl methyl sites for hydroxylation is 2. The molecule has 0 aliphatic carbocycles. The molecule has 1 aromatic carbocycles. The van der Waals surface area contributed by atoms with Crippen molar-refractivity contribution < 1.29 is 4.79 Å². The molecule has 0 aliphatic heterocycles. The Kier molecular flexibility index (Phi) is 5.14. The highest BCUT2D eigenvalue weighted by atomic mass is 79.9. The Morgan fingerprint density at radius 1 is 1.30 bits per heavy atom. The lowest BCUT2D eigenvalue weighted by molar-refractivity contribution is 0.252. The summed E-state index contributed by atoms with van der Waals surface area (Å²) in [5.74, 6) is 0. The van der Waals surface area contributed by atoms with Gasteiger partial charge in [-0.05, 0) is 38.0 Å². The first kappa shape index (κ1) is 15.0. The Morgan fingerprint density at radius 2 is 2.00 bits per heavy atom. The maximum Gasteiger partial charge on any atom is 0.321 e.